The highest BCUT2D eigenvalue weighted by Gasteiger charge is 2.35. The van der Waals surface area contributed by atoms with Crippen LogP contribution in [0.15, 0.2) is 36.5 Å². The van der Waals surface area contributed by atoms with Gasteiger partial charge in [0.2, 0.25) is 0 Å². The fourth-order valence-electron chi connectivity index (χ4n) is 2.36. The zero-order valence-corrected chi connectivity index (χ0v) is 10.7. The van der Waals surface area contributed by atoms with Crippen molar-refractivity contribution >= 4 is 10.9 Å². The van der Waals surface area contributed by atoms with E-state index in [9.17, 15) is 5.11 Å². The van der Waals surface area contributed by atoms with E-state index in [0.29, 0.717) is 5.92 Å². The first kappa shape index (κ1) is 12.4. The maximum absolute atomic E-state index is 9.49. The predicted octanol–water partition coefficient (Wildman–Crippen LogP) is 1.71. The zero-order valence-electron chi connectivity index (χ0n) is 10.7. The number of aromatic nitrogens is 1. The number of nitrogens with zero attached hydrogens (tertiary/aromatic N) is 1. The van der Waals surface area contributed by atoms with Crippen LogP contribution in [0.1, 0.15) is 12.8 Å². The van der Waals surface area contributed by atoms with Crippen molar-refractivity contribution in [2.75, 3.05) is 6.61 Å². The fraction of sp³-hybridized carbons (Fsp3) is 0.400. The molecule has 1 fully saturated rings. The molecule has 4 heteroatoms. The molecule has 3 N–H and O–H groups in total. The monoisotopic (exact) mass is 258 g/mol. The van der Waals surface area contributed by atoms with Gasteiger partial charge in [0, 0.05) is 17.6 Å². The van der Waals surface area contributed by atoms with Gasteiger partial charge in [-0.15, -0.1) is 0 Å². The molecule has 1 heterocycles. The first-order chi connectivity index (χ1) is 9.29. The normalized spacial score (nSPS) is 18.2. The number of pyridine rings is 1. The van der Waals surface area contributed by atoms with Crippen LogP contribution in [0.4, 0.5) is 0 Å². The quantitative estimate of drug-likeness (QED) is 0.856. The highest BCUT2D eigenvalue weighted by Crippen LogP contribution is 2.34. The number of hydrogen-bond donors (Lipinski definition) is 2. The van der Waals surface area contributed by atoms with Crippen LogP contribution in [0.25, 0.3) is 10.9 Å². The topological polar surface area (TPSA) is 68.4 Å². The minimum Gasteiger partial charge on any atom is -0.486 e. The summed E-state index contributed by atoms with van der Waals surface area (Å²) in [5.74, 6) is 1.23. The second-order valence-electron chi connectivity index (χ2n) is 5.08. The van der Waals surface area contributed by atoms with Crippen molar-refractivity contribution in [3.8, 4) is 5.75 Å². The molecule has 4 nitrogen and oxygen atoms in total. The van der Waals surface area contributed by atoms with E-state index in [4.69, 9.17) is 10.5 Å². The fourth-order valence-corrected chi connectivity index (χ4v) is 2.36. The third kappa shape index (κ3) is 2.55. The third-order valence-electron chi connectivity index (χ3n) is 3.66. The van der Waals surface area contributed by atoms with Crippen LogP contribution >= 0.6 is 0 Å². The molecule has 100 valence electrons. The lowest BCUT2D eigenvalue weighted by Crippen LogP contribution is -2.43. The molecule has 2 aromatic rings. The molecule has 0 radical (unpaired) electrons. The number of ether oxygens (including phenoxy) is 1. The standard InChI is InChI=1S/C15H18N2O2/c16-15(10-6-7-10)14(9-18)19-13-5-1-4-12-11(13)3-2-8-17-12/h1-5,8,10,14-15,18H,6-7,9,16H2. The van der Waals surface area contributed by atoms with Crippen LogP contribution < -0.4 is 10.5 Å². The van der Waals surface area contributed by atoms with Gasteiger partial charge >= 0.3 is 0 Å². The van der Waals surface area contributed by atoms with Crippen molar-refractivity contribution < 1.29 is 9.84 Å². The number of aliphatic hydroxyl groups excluding tert-OH is 1. The molecule has 1 saturated carbocycles. The second kappa shape index (κ2) is 5.15. The molecular formula is C15H18N2O2. The second-order valence-corrected chi connectivity index (χ2v) is 5.08. The van der Waals surface area contributed by atoms with Crippen molar-refractivity contribution in [2.45, 2.75) is 25.0 Å². The first-order valence-corrected chi connectivity index (χ1v) is 6.66. The van der Waals surface area contributed by atoms with Crippen molar-refractivity contribution in [3.63, 3.8) is 0 Å². The van der Waals surface area contributed by atoms with Crippen molar-refractivity contribution in [3.05, 3.63) is 36.5 Å². The molecule has 0 saturated heterocycles. The molecule has 1 aliphatic rings. The summed E-state index contributed by atoms with van der Waals surface area (Å²) >= 11 is 0. The molecule has 19 heavy (non-hydrogen) atoms. The van der Waals surface area contributed by atoms with E-state index in [1.807, 2.05) is 30.3 Å². The van der Waals surface area contributed by atoms with Crippen LogP contribution in [0, 0.1) is 5.92 Å². The van der Waals surface area contributed by atoms with E-state index in [1.54, 1.807) is 6.20 Å². The average Bonchev–Trinajstić information content (AvgIpc) is 3.28. The number of nitrogens with two attached hydrogens (primary N) is 1. The van der Waals surface area contributed by atoms with Gasteiger partial charge in [0.25, 0.3) is 0 Å². The zero-order chi connectivity index (χ0) is 13.2. The average molecular weight is 258 g/mol. The van der Waals surface area contributed by atoms with Gasteiger partial charge in [-0.2, -0.15) is 0 Å². The van der Waals surface area contributed by atoms with Crippen molar-refractivity contribution in [1.29, 1.82) is 0 Å². The van der Waals surface area contributed by atoms with E-state index >= 15 is 0 Å². The van der Waals surface area contributed by atoms with Crippen LogP contribution in [0.2, 0.25) is 0 Å². The SMILES string of the molecule is NC(C1CC1)C(CO)Oc1cccc2ncccc12. The van der Waals surface area contributed by atoms with Crippen molar-refractivity contribution in [2.24, 2.45) is 11.7 Å². The summed E-state index contributed by atoms with van der Waals surface area (Å²) in [7, 11) is 0. The Labute approximate surface area is 112 Å². The first-order valence-electron chi connectivity index (χ1n) is 6.66. The Morgan fingerprint density at radius 1 is 1.32 bits per heavy atom. The summed E-state index contributed by atoms with van der Waals surface area (Å²) in [5, 5.41) is 10.4. The number of hydrogen-bond acceptors (Lipinski definition) is 4. The van der Waals surface area contributed by atoms with Gasteiger partial charge < -0.3 is 15.6 Å². The number of benzene rings is 1. The Morgan fingerprint density at radius 2 is 2.16 bits per heavy atom. The highest BCUT2D eigenvalue weighted by atomic mass is 16.5. The Kier molecular flexibility index (Phi) is 3.36. The Hall–Kier alpha value is -1.65. The minimum atomic E-state index is -0.349. The van der Waals surface area contributed by atoms with Crippen LogP contribution in [0.3, 0.4) is 0 Å². The lowest BCUT2D eigenvalue weighted by Gasteiger charge is -2.23. The van der Waals surface area contributed by atoms with Gasteiger partial charge in [-0.3, -0.25) is 4.98 Å². The van der Waals surface area contributed by atoms with E-state index < -0.39 is 0 Å². The van der Waals surface area contributed by atoms with Gasteiger partial charge in [-0.05, 0) is 43.0 Å². The van der Waals surface area contributed by atoms with E-state index in [1.165, 1.54) is 0 Å². The summed E-state index contributed by atoms with van der Waals surface area (Å²) in [6, 6.07) is 9.49. The Balaban J connectivity index is 1.87. The summed E-state index contributed by atoms with van der Waals surface area (Å²) in [4.78, 5) is 4.29. The molecule has 0 aliphatic heterocycles. The lowest BCUT2D eigenvalue weighted by atomic mass is 10.1. The lowest BCUT2D eigenvalue weighted by molar-refractivity contribution is 0.0895. The van der Waals surface area contributed by atoms with Crippen LogP contribution in [-0.4, -0.2) is 28.8 Å². The van der Waals surface area contributed by atoms with E-state index in [-0.39, 0.29) is 18.8 Å². The third-order valence-corrected chi connectivity index (χ3v) is 3.66. The summed E-state index contributed by atoms with van der Waals surface area (Å²) in [5.41, 5.74) is 7.01. The van der Waals surface area contributed by atoms with Gasteiger partial charge in [-0.1, -0.05) is 6.07 Å². The van der Waals surface area contributed by atoms with Gasteiger partial charge in [-0.25, -0.2) is 0 Å². The molecule has 2 unspecified atom stereocenters. The molecule has 1 aromatic heterocycles. The van der Waals surface area contributed by atoms with Crippen LogP contribution in [-0.2, 0) is 0 Å². The molecule has 0 amide bonds. The summed E-state index contributed by atoms with van der Waals surface area (Å²) < 4.78 is 5.93. The van der Waals surface area contributed by atoms with Crippen molar-refractivity contribution in [1.82, 2.24) is 4.98 Å². The number of fused-ring (bicyclic) bond motifs is 1. The maximum atomic E-state index is 9.49. The largest absolute Gasteiger partial charge is 0.486 e. The van der Waals surface area contributed by atoms with Gasteiger partial charge in [0.05, 0.1) is 12.1 Å². The van der Waals surface area contributed by atoms with E-state index in [0.717, 1.165) is 29.5 Å². The smallest absolute Gasteiger partial charge is 0.137 e. The number of rotatable bonds is 5. The Morgan fingerprint density at radius 3 is 2.89 bits per heavy atom. The molecule has 2 atom stereocenters. The highest BCUT2D eigenvalue weighted by molar-refractivity contribution is 5.84. The predicted molar refractivity (Wildman–Crippen MR) is 73.9 cm³/mol. The van der Waals surface area contributed by atoms with Crippen LogP contribution in [0.5, 0.6) is 5.75 Å². The number of aliphatic hydroxyl groups is 1. The maximum Gasteiger partial charge on any atom is 0.137 e. The molecule has 0 bridgehead atoms. The summed E-state index contributed by atoms with van der Waals surface area (Å²) in [6.07, 6.45) is 3.68. The van der Waals surface area contributed by atoms with Gasteiger partial charge in [0.1, 0.15) is 11.9 Å². The molecule has 1 aliphatic carbocycles. The summed E-state index contributed by atoms with van der Waals surface area (Å²) in [6.45, 7) is -0.0612. The molecular weight excluding hydrogens is 240 g/mol. The minimum absolute atomic E-state index is 0.0612. The van der Waals surface area contributed by atoms with E-state index in [2.05, 4.69) is 4.98 Å². The van der Waals surface area contributed by atoms with Gasteiger partial charge in [0.15, 0.2) is 0 Å². The molecule has 1 aromatic carbocycles. The Bertz CT molecular complexity index is 564. The molecule has 0 spiro atoms. The molecule has 3 rings (SSSR count).